The highest BCUT2D eigenvalue weighted by Gasteiger charge is 2.50. The number of carbonyl (C=O) groups excluding carboxylic acids is 1. The summed E-state index contributed by atoms with van der Waals surface area (Å²) in [7, 11) is 0. The zero-order chi connectivity index (χ0) is 14.0. The molecule has 5 nitrogen and oxygen atoms in total. The van der Waals surface area contributed by atoms with Crippen LogP contribution in [0, 0.1) is 5.92 Å². The maximum Gasteiger partial charge on any atom is 0.239 e. The molecule has 0 aromatic rings. The zero-order valence-electron chi connectivity index (χ0n) is 12.3. The largest absolute Gasteiger partial charge is 0.373 e. The summed E-state index contributed by atoms with van der Waals surface area (Å²) >= 11 is 0. The third-order valence-electron chi connectivity index (χ3n) is 4.17. The number of nitrogens with two attached hydrogens (primary N) is 1. The molecule has 0 bridgehead atoms. The number of ether oxygens (including phenoxy) is 1. The monoisotopic (exact) mass is 269 g/mol. The van der Waals surface area contributed by atoms with Gasteiger partial charge in [0.25, 0.3) is 0 Å². The van der Waals surface area contributed by atoms with Gasteiger partial charge in [-0.25, -0.2) is 0 Å². The fraction of sp³-hybridized carbons (Fsp3) is 0.929. The van der Waals surface area contributed by atoms with E-state index < -0.39 is 5.54 Å². The van der Waals surface area contributed by atoms with E-state index >= 15 is 0 Å². The van der Waals surface area contributed by atoms with Crippen molar-refractivity contribution in [1.29, 1.82) is 0 Å². The number of primary amides is 1. The molecule has 2 fully saturated rings. The van der Waals surface area contributed by atoms with E-state index in [4.69, 9.17) is 10.5 Å². The second-order valence-electron chi connectivity index (χ2n) is 6.09. The molecule has 2 rings (SSSR count). The molecule has 1 aliphatic heterocycles. The van der Waals surface area contributed by atoms with Gasteiger partial charge in [-0.3, -0.25) is 9.69 Å². The SMILES string of the molecule is CCNC(CN1CC(C)OC(C)C1)(C(N)=O)C1CC1. The van der Waals surface area contributed by atoms with Crippen LogP contribution >= 0.6 is 0 Å². The van der Waals surface area contributed by atoms with Gasteiger partial charge in [0.05, 0.1) is 12.2 Å². The van der Waals surface area contributed by atoms with Crippen molar-refractivity contribution in [3.63, 3.8) is 0 Å². The lowest BCUT2D eigenvalue weighted by molar-refractivity contribution is -0.128. The van der Waals surface area contributed by atoms with E-state index in [0.717, 1.165) is 32.5 Å². The highest BCUT2D eigenvalue weighted by molar-refractivity contribution is 5.86. The molecule has 0 aromatic heterocycles. The highest BCUT2D eigenvalue weighted by Crippen LogP contribution is 2.40. The lowest BCUT2D eigenvalue weighted by atomic mass is 9.90. The second kappa shape index (κ2) is 5.77. The first-order valence-corrected chi connectivity index (χ1v) is 7.40. The minimum absolute atomic E-state index is 0.205. The molecule has 1 aliphatic carbocycles. The van der Waals surface area contributed by atoms with E-state index in [1.807, 2.05) is 6.92 Å². The minimum Gasteiger partial charge on any atom is -0.373 e. The van der Waals surface area contributed by atoms with Crippen molar-refractivity contribution in [3.05, 3.63) is 0 Å². The molecule has 0 aromatic carbocycles. The van der Waals surface area contributed by atoms with E-state index in [9.17, 15) is 4.79 Å². The zero-order valence-corrected chi connectivity index (χ0v) is 12.3. The molecule has 0 spiro atoms. The lowest BCUT2D eigenvalue weighted by Crippen LogP contribution is -2.65. The molecule has 19 heavy (non-hydrogen) atoms. The van der Waals surface area contributed by atoms with Crippen molar-refractivity contribution in [2.24, 2.45) is 11.7 Å². The molecular formula is C14H27N3O2. The molecule has 110 valence electrons. The van der Waals surface area contributed by atoms with Crippen molar-refractivity contribution >= 4 is 5.91 Å². The maximum atomic E-state index is 12.0. The first kappa shape index (κ1) is 14.8. The Morgan fingerprint density at radius 3 is 2.37 bits per heavy atom. The second-order valence-corrected chi connectivity index (χ2v) is 6.09. The number of hydrogen-bond acceptors (Lipinski definition) is 4. The summed E-state index contributed by atoms with van der Waals surface area (Å²) in [5.74, 6) is 0.196. The van der Waals surface area contributed by atoms with Crippen LogP contribution in [0.2, 0.25) is 0 Å². The van der Waals surface area contributed by atoms with Crippen LogP contribution in [-0.4, -0.2) is 54.7 Å². The van der Waals surface area contributed by atoms with Crippen LogP contribution in [0.1, 0.15) is 33.6 Å². The number of likely N-dealkylation sites (N-methyl/N-ethyl adjacent to an activating group) is 1. The summed E-state index contributed by atoms with van der Waals surface area (Å²) in [6, 6.07) is 0. The molecule has 3 unspecified atom stereocenters. The summed E-state index contributed by atoms with van der Waals surface area (Å²) in [5, 5.41) is 3.38. The molecule has 1 saturated carbocycles. The van der Waals surface area contributed by atoms with Crippen molar-refractivity contribution < 1.29 is 9.53 Å². The Bertz CT molecular complexity index is 323. The van der Waals surface area contributed by atoms with Crippen molar-refractivity contribution in [2.75, 3.05) is 26.2 Å². The summed E-state index contributed by atoms with van der Waals surface area (Å²) < 4.78 is 5.75. The van der Waals surface area contributed by atoms with Crippen LogP contribution in [-0.2, 0) is 9.53 Å². The highest BCUT2D eigenvalue weighted by atomic mass is 16.5. The Kier molecular flexibility index (Phi) is 4.48. The molecule has 1 heterocycles. The van der Waals surface area contributed by atoms with Crippen LogP contribution in [0.15, 0.2) is 0 Å². The number of nitrogens with zero attached hydrogens (tertiary/aromatic N) is 1. The summed E-state index contributed by atoms with van der Waals surface area (Å²) in [5.41, 5.74) is 5.18. The lowest BCUT2D eigenvalue weighted by Gasteiger charge is -2.41. The van der Waals surface area contributed by atoms with Crippen LogP contribution < -0.4 is 11.1 Å². The maximum absolute atomic E-state index is 12.0. The standard InChI is InChI=1S/C14H27N3O2/c1-4-16-14(13(15)18,12-5-6-12)9-17-7-10(2)19-11(3)8-17/h10-12,16H,4-9H2,1-3H3,(H2,15,18). The molecule has 0 radical (unpaired) electrons. The third kappa shape index (κ3) is 3.27. The third-order valence-corrected chi connectivity index (χ3v) is 4.17. The van der Waals surface area contributed by atoms with Gasteiger partial charge in [0.2, 0.25) is 5.91 Å². The van der Waals surface area contributed by atoms with E-state index in [-0.39, 0.29) is 18.1 Å². The van der Waals surface area contributed by atoms with E-state index in [0.29, 0.717) is 12.5 Å². The predicted octanol–water partition coefficient (Wildman–Crippen LogP) is 0.339. The molecule has 1 amide bonds. The number of amides is 1. The quantitative estimate of drug-likeness (QED) is 0.729. The number of carbonyl (C=O) groups is 1. The van der Waals surface area contributed by atoms with Crippen molar-refractivity contribution in [1.82, 2.24) is 10.2 Å². The number of morpholine rings is 1. The van der Waals surface area contributed by atoms with E-state index in [1.165, 1.54) is 0 Å². The van der Waals surface area contributed by atoms with Gasteiger partial charge in [-0.2, -0.15) is 0 Å². The molecule has 2 aliphatic rings. The summed E-state index contributed by atoms with van der Waals surface area (Å²) in [4.78, 5) is 14.4. The van der Waals surface area contributed by atoms with Gasteiger partial charge >= 0.3 is 0 Å². The van der Waals surface area contributed by atoms with Gasteiger partial charge < -0.3 is 15.8 Å². The molecule has 5 heteroatoms. The smallest absolute Gasteiger partial charge is 0.239 e. The molecular weight excluding hydrogens is 242 g/mol. The molecule has 1 saturated heterocycles. The Morgan fingerprint density at radius 2 is 1.95 bits per heavy atom. The normalized spacial score (nSPS) is 31.9. The Morgan fingerprint density at radius 1 is 1.37 bits per heavy atom. The van der Waals surface area contributed by atoms with Gasteiger partial charge in [-0.05, 0) is 39.2 Å². The fourth-order valence-electron chi connectivity index (χ4n) is 3.35. The average Bonchev–Trinajstić information content (AvgIpc) is 3.10. The fourth-order valence-corrected chi connectivity index (χ4v) is 3.35. The predicted molar refractivity (Wildman–Crippen MR) is 74.8 cm³/mol. The van der Waals surface area contributed by atoms with Crippen molar-refractivity contribution in [2.45, 2.75) is 51.4 Å². The summed E-state index contributed by atoms with van der Waals surface area (Å²) in [6.07, 6.45) is 2.64. The number of nitrogens with one attached hydrogen (secondary N) is 1. The van der Waals surface area contributed by atoms with E-state index in [1.54, 1.807) is 0 Å². The first-order valence-electron chi connectivity index (χ1n) is 7.40. The molecule has 3 N–H and O–H groups in total. The van der Waals surface area contributed by atoms with Gasteiger partial charge in [-0.15, -0.1) is 0 Å². The number of hydrogen-bond donors (Lipinski definition) is 2. The van der Waals surface area contributed by atoms with Gasteiger partial charge in [-0.1, -0.05) is 6.92 Å². The van der Waals surface area contributed by atoms with Crippen LogP contribution in [0.5, 0.6) is 0 Å². The van der Waals surface area contributed by atoms with Crippen molar-refractivity contribution in [3.8, 4) is 0 Å². The number of rotatable bonds is 6. The van der Waals surface area contributed by atoms with Gasteiger partial charge in [0.1, 0.15) is 5.54 Å². The minimum atomic E-state index is -0.550. The topological polar surface area (TPSA) is 67.6 Å². The Hall–Kier alpha value is -0.650. The Balaban J connectivity index is 2.08. The summed E-state index contributed by atoms with van der Waals surface area (Å²) in [6.45, 7) is 9.42. The van der Waals surface area contributed by atoms with Crippen LogP contribution in [0.25, 0.3) is 0 Å². The molecule has 3 atom stereocenters. The van der Waals surface area contributed by atoms with Gasteiger partial charge in [0.15, 0.2) is 0 Å². The first-order chi connectivity index (χ1) is 8.98. The van der Waals surface area contributed by atoms with Gasteiger partial charge in [0, 0.05) is 19.6 Å². The van der Waals surface area contributed by atoms with Crippen LogP contribution in [0.4, 0.5) is 0 Å². The Labute approximate surface area is 115 Å². The van der Waals surface area contributed by atoms with Crippen LogP contribution in [0.3, 0.4) is 0 Å². The van der Waals surface area contributed by atoms with E-state index in [2.05, 4.69) is 24.1 Å². The average molecular weight is 269 g/mol.